The van der Waals surface area contributed by atoms with Crippen LogP contribution < -0.4 is 0 Å². The number of rotatable bonds is 3. The summed E-state index contributed by atoms with van der Waals surface area (Å²) in [5.41, 5.74) is 1.38. The number of aromatic nitrogens is 1. The lowest BCUT2D eigenvalue weighted by molar-refractivity contribution is -0.135. The highest BCUT2D eigenvalue weighted by Gasteiger charge is 2.24. The van der Waals surface area contributed by atoms with Crippen LogP contribution in [0.25, 0.3) is 10.9 Å². The Morgan fingerprint density at radius 1 is 1.26 bits per heavy atom. The second-order valence-electron chi connectivity index (χ2n) is 6.11. The first kappa shape index (κ1) is 15.6. The molecule has 122 valence electrons. The third kappa shape index (κ3) is 2.96. The molecule has 2 heterocycles. The number of hydrogen-bond acceptors (Lipinski definition) is 3. The highest BCUT2D eigenvalue weighted by molar-refractivity contribution is 6.04. The number of piperidine rings is 1. The van der Waals surface area contributed by atoms with Crippen LogP contribution in [0.5, 0.6) is 0 Å². The fourth-order valence-corrected chi connectivity index (χ4v) is 3.36. The van der Waals surface area contributed by atoms with Crippen molar-refractivity contribution in [2.24, 2.45) is 0 Å². The van der Waals surface area contributed by atoms with E-state index in [1.807, 2.05) is 33.7 Å². The van der Waals surface area contributed by atoms with Crippen molar-refractivity contribution in [3.63, 3.8) is 0 Å². The molecule has 0 saturated carbocycles. The minimum absolute atomic E-state index is 0.106. The lowest BCUT2D eigenvalue weighted by Gasteiger charge is -2.33. The number of amides is 1. The van der Waals surface area contributed by atoms with Crippen LogP contribution in [0.1, 0.15) is 36.5 Å². The molecule has 1 saturated heterocycles. The first-order valence-electron chi connectivity index (χ1n) is 8.07. The molecule has 1 amide bonds. The van der Waals surface area contributed by atoms with E-state index in [0.29, 0.717) is 5.56 Å². The molecular formula is C18H22N2O3. The normalized spacial score (nSPS) is 18.2. The van der Waals surface area contributed by atoms with E-state index in [1.165, 1.54) is 13.5 Å². The maximum atomic E-state index is 12.7. The third-order valence-electron chi connectivity index (χ3n) is 4.62. The lowest BCUT2D eigenvalue weighted by Crippen LogP contribution is -2.43. The van der Waals surface area contributed by atoms with Crippen molar-refractivity contribution in [3.8, 4) is 0 Å². The van der Waals surface area contributed by atoms with Crippen LogP contribution >= 0.6 is 0 Å². The molecule has 1 aliphatic heterocycles. The Morgan fingerprint density at radius 2 is 2.04 bits per heavy atom. The standard InChI is InChI=1S/C18H22N2O3/c1-13-7-5-6-10-20(13)17(21)12-19-11-15(18(22)23-2)14-8-3-4-9-16(14)19/h3-4,8-9,11,13H,5-7,10,12H2,1-2H3/t13-/m1/s1. The van der Waals surface area contributed by atoms with Crippen LogP contribution in [-0.4, -0.2) is 41.0 Å². The summed E-state index contributed by atoms with van der Waals surface area (Å²) >= 11 is 0. The van der Waals surface area contributed by atoms with Gasteiger partial charge in [0.1, 0.15) is 6.54 Å². The van der Waals surface area contributed by atoms with Gasteiger partial charge in [0.25, 0.3) is 0 Å². The van der Waals surface area contributed by atoms with E-state index in [-0.39, 0.29) is 24.5 Å². The predicted molar refractivity (Wildman–Crippen MR) is 88.3 cm³/mol. The number of methoxy groups -OCH3 is 1. The van der Waals surface area contributed by atoms with Gasteiger partial charge in [-0.05, 0) is 32.3 Å². The van der Waals surface area contributed by atoms with Crippen LogP contribution in [0.15, 0.2) is 30.5 Å². The van der Waals surface area contributed by atoms with E-state index >= 15 is 0 Å². The molecule has 0 radical (unpaired) electrons. The van der Waals surface area contributed by atoms with Gasteiger partial charge in [0.15, 0.2) is 0 Å². The quantitative estimate of drug-likeness (QED) is 0.819. The van der Waals surface area contributed by atoms with Gasteiger partial charge in [0.2, 0.25) is 5.91 Å². The van der Waals surface area contributed by atoms with Gasteiger partial charge in [-0.25, -0.2) is 4.79 Å². The van der Waals surface area contributed by atoms with Crippen molar-refractivity contribution in [1.82, 2.24) is 9.47 Å². The van der Waals surface area contributed by atoms with Gasteiger partial charge >= 0.3 is 5.97 Å². The average Bonchev–Trinajstić information content (AvgIpc) is 2.93. The number of likely N-dealkylation sites (tertiary alicyclic amines) is 1. The van der Waals surface area contributed by atoms with Crippen LogP contribution in [0.4, 0.5) is 0 Å². The number of nitrogens with zero attached hydrogens (tertiary/aromatic N) is 2. The monoisotopic (exact) mass is 314 g/mol. The Balaban J connectivity index is 1.91. The largest absolute Gasteiger partial charge is 0.465 e. The molecular weight excluding hydrogens is 292 g/mol. The Kier molecular flexibility index (Phi) is 4.37. The second-order valence-corrected chi connectivity index (χ2v) is 6.11. The predicted octanol–water partition coefficient (Wildman–Crippen LogP) is 2.83. The van der Waals surface area contributed by atoms with Crippen molar-refractivity contribution in [2.75, 3.05) is 13.7 Å². The number of esters is 1. The molecule has 1 aliphatic rings. The van der Waals surface area contributed by atoms with Gasteiger partial charge in [-0.1, -0.05) is 18.2 Å². The minimum atomic E-state index is -0.376. The number of ether oxygens (including phenoxy) is 1. The van der Waals surface area contributed by atoms with E-state index in [1.54, 1.807) is 6.20 Å². The lowest BCUT2D eigenvalue weighted by atomic mass is 10.0. The molecule has 3 rings (SSSR count). The SMILES string of the molecule is COC(=O)c1cn(CC(=O)N2CCCC[C@H]2C)c2ccccc12. The van der Waals surface area contributed by atoms with Crippen molar-refractivity contribution in [2.45, 2.75) is 38.8 Å². The van der Waals surface area contributed by atoms with Crippen molar-refractivity contribution >= 4 is 22.8 Å². The van der Waals surface area contributed by atoms with Gasteiger partial charge in [-0.15, -0.1) is 0 Å². The topological polar surface area (TPSA) is 51.5 Å². The summed E-state index contributed by atoms with van der Waals surface area (Å²) in [6.07, 6.45) is 5.04. The summed E-state index contributed by atoms with van der Waals surface area (Å²) in [6.45, 7) is 3.18. The summed E-state index contributed by atoms with van der Waals surface area (Å²) < 4.78 is 6.70. The van der Waals surface area contributed by atoms with Crippen molar-refractivity contribution in [1.29, 1.82) is 0 Å². The molecule has 1 aromatic carbocycles. The van der Waals surface area contributed by atoms with Gasteiger partial charge in [0, 0.05) is 29.7 Å². The maximum absolute atomic E-state index is 12.7. The van der Waals surface area contributed by atoms with Crippen LogP contribution in [0.3, 0.4) is 0 Å². The number of para-hydroxylation sites is 1. The Hall–Kier alpha value is -2.30. The number of benzene rings is 1. The van der Waals surface area contributed by atoms with Crippen LogP contribution in [-0.2, 0) is 16.1 Å². The third-order valence-corrected chi connectivity index (χ3v) is 4.62. The van der Waals surface area contributed by atoms with E-state index in [9.17, 15) is 9.59 Å². The highest BCUT2D eigenvalue weighted by atomic mass is 16.5. The molecule has 5 heteroatoms. The first-order chi connectivity index (χ1) is 11.1. The molecule has 1 aromatic heterocycles. The van der Waals surface area contributed by atoms with Crippen LogP contribution in [0, 0.1) is 0 Å². The fraction of sp³-hybridized carbons (Fsp3) is 0.444. The zero-order chi connectivity index (χ0) is 16.4. The Bertz CT molecular complexity index is 735. The molecule has 0 N–H and O–H groups in total. The first-order valence-corrected chi connectivity index (χ1v) is 8.07. The molecule has 0 bridgehead atoms. The zero-order valence-corrected chi connectivity index (χ0v) is 13.6. The molecule has 0 unspecified atom stereocenters. The number of carbonyl (C=O) groups is 2. The highest BCUT2D eigenvalue weighted by Crippen LogP contribution is 2.23. The van der Waals surface area contributed by atoms with Crippen molar-refractivity contribution in [3.05, 3.63) is 36.0 Å². The Labute approximate surface area is 135 Å². The molecule has 2 aromatic rings. The summed E-state index contributed by atoms with van der Waals surface area (Å²) in [5.74, 6) is -0.270. The van der Waals surface area contributed by atoms with Crippen molar-refractivity contribution < 1.29 is 14.3 Å². The number of carbonyl (C=O) groups excluding carboxylic acids is 2. The molecule has 0 spiro atoms. The van der Waals surface area contributed by atoms with Crippen LogP contribution in [0.2, 0.25) is 0 Å². The molecule has 1 fully saturated rings. The molecule has 1 atom stereocenters. The summed E-state index contributed by atoms with van der Waals surface area (Å²) in [7, 11) is 1.37. The van der Waals surface area contributed by atoms with Gasteiger partial charge in [-0.2, -0.15) is 0 Å². The zero-order valence-electron chi connectivity index (χ0n) is 13.6. The minimum Gasteiger partial charge on any atom is -0.465 e. The van der Waals surface area contributed by atoms with Gasteiger partial charge in [-0.3, -0.25) is 4.79 Å². The van der Waals surface area contributed by atoms with E-state index in [4.69, 9.17) is 4.74 Å². The maximum Gasteiger partial charge on any atom is 0.340 e. The van der Waals surface area contributed by atoms with E-state index in [0.717, 1.165) is 30.3 Å². The summed E-state index contributed by atoms with van der Waals surface area (Å²) in [6, 6.07) is 7.89. The average molecular weight is 314 g/mol. The summed E-state index contributed by atoms with van der Waals surface area (Å²) in [5, 5.41) is 0.818. The summed E-state index contributed by atoms with van der Waals surface area (Å²) in [4.78, 5) is 26.6. The number of hydrogen-bond donors (Lipinski definition) is 0. The molecule has 5 nitrogen and oxygen atoms in total. The van der Waals surface area contributed by atoms with E-state index in [2.05, 4.69) is 6.92 Å². The van der Waals surface area contributed by atoms with E-state index < -0.39 is 0 Å². The Morgan fingerprint density at radius 3 is 2.78 bits per heavy atom. The molecule has 0 aliphatic carbocycles. The second kappa shape index (κ2) is 6.44. The van der Waals surface area contributed by atoms with Gasteiger partial charge < -0.3 is 14.2 Å². The smallest absolute Gasteiger partial charge is 0.340 e. The molecule has 23 heavy (non-hydrogen) atoms. The van der Waals surface area contributed by atoms with Gasteiger partial charge in [0.05, 0.1) is 12.7 Å². The number of fused-ring (bicyclic) bond motifs is 1. The fourth-order valence-electron chi connectivity index (χ4n) is 3.36.